The lowest BCUT2D eigenvalue weighted by Crippen LogP contribution is -2.34. The van der Waals surface area contributed by atoms with Gasteiger partial charge >= 0.3 is 0 Å². The van der Waals surface area contributed by atoms with E-state index in [2.05, 4.69) is 17.1 Å². The van der Waals surface area contributed by atoms with Crippen LogP contribution in [0.15, 0.2) is 4.52 Å². The fraction of sp³-hybridized carbons (Fsp3) is 0.778. The number of nitrogens with zero attached hydrogens (tertiary/aromatic N) is 2. The molecular formula is C9H17N3O. The van der Waals surface area contributed by atoms with Crippen LogP contribution in [0.1, 0.15) is 38.9 Å². The Morgan fingerprint density at radius 1 is 1.46 bits per heavy atom. The topological polar surface area (TPSA) is 64.9 Å². The van der Waals surface area contributed by atoms with Crippen LogP contribution in [0.3, 0.4) is 0 Å². The van der Waals surface area contributed by atoms with Gasteiger partial charge in [0, 0.05) is 18.4 Å². The number of hydrogen-bond donors (Lipinski definition) is 1. The molecule has 0 aliphatic carbocycles. The molecule has 0 aromatic carbocycles. The van der Waals surface area contributed by atoms with Crippen LogP contribution in [0.5, 0.6) is 0 Å². The standard InChI is InChI=1S/C9H17N3O/c1-4-5-7-11-8(13-12-7)6-9(2,3)10/h4-6,10H2,1-3H3. The third kappa shape index (κ3) is 3.55. The van der Waals surface area contributed by atoms with E-state index >= 15 is 0 Å². The summed E-state index contributed by atoms with van der Waals surface area (Å²) in [6, 6.07) is 0. The van der Waals surface area contributed by atoms with E-state index in [0.717, 1.165) is 18.7 Å². The maximum Gasteiger partial charge on any atom is 0.228 e. The van der Waals surface area contributed by atoms with Gasteiger partial charge in [0.05, 0.1) is 0 Å². The Balaban J connectivity index is 2.59. The molecule has 1 aromatic heterocycles. The van der Waals surface area contributed by atoms with Crippen molar-refractivity contribution in [1.82, 2.24) is 10.1 Å². The highest BCUT2D eigenvalue weighted by molar-refractivity contribution is 4.92. The summed E-state index contributed by atoms with van der Waals surface area (Å²) in [7, 11) is 0. The zero-order chi connectivity index (χ0) is 9.90. The minimum Gasteiger partial charge on any atom is -0.339 e. The molecule has 0 atom stereocenters. The summed E-state index contributed by atoms with van der Waals surface area (Å²) >= 11 is 0. The summed E-state index contributed by atoms with van der Waals surface area (Å²) in [6.45, 7) is 5.97. The molecule has 1 rings (SSSR count). The van der Waals surface area contributed by atoms with E-state index in [1.165, 1.54) is 0 Å². The minimum absolute atomic E-state index is 0.282. The molecule has 0 bridgehead atoms. The van der Waals surface area contributed by atoms with Gasteiger partial charge in [-0.3, -0.25) is 0 Å². The highest BCUT2D eigenvalue weighted by atomic mass is 16.5. The third-order valence-electron chi connectivity index (χ3n) is 1.59. The normalized spacial score (nSPS) is 12.0. The molecule has 0 aliphatic rings. The summed E-state index contributed by atoms with van der Waals surface area (Å²) in [6.07, 6.45) is 2.53. The van der Waals surface area contributed by atoms with E-state index < -0.39 is 0 Å². The van der Waals surface area contributed by atoms with Crippen molar-refractivity contribution < 1.29 is 4.52 Å². The lowest BCUT2D eigenvalue weighted by atomic mass is 10.0. The zero-order valence-electron chi connectivity index (χ0n) is 8.50. The summed E-state index contributed by atoms with van der Waals surface area (Å²) in [5.41, 5.74) is 5.54. The summed E-state index contributed by atoms with van der Waals surface area (Å²) in [5.74, 6) is 1.41. The van der Waals surface area contributed by atoms with E-state index in [1.807, 2.05) is 13.8 Å². The molecule has 0 amide bonds. The van der Waals surface area contributed by atoms with E-state index in [9.17, 15) is 0 Å². The molecule has 2 N–H and O–H groups in total. The first-order valence-corrected chi connectivity index (χ1v) is 4.61. The van der Waals surface area contributed by atoms with Crippen molar-refractivity contribution in [3.8, 4) is 0 Å². The Morgan fingerprint density at radius 2 is 2.15 bits per heavy atom. The van der Waals surface area contributed by atoms with Crippen molar-refractivity contribution in [2.45, 2.75) is 45.6 Å². The van der Waals surface area contributed by atoms with Crippen LogP contribution < -0.4 is 5.73 Å². The molecule has 0 aliphatic heterocycles. The zero-order valence-corrected chi connectivity index (χ0v) is 8.50. The van der Waals surface area contributed by atoms with Gasteiger partial charge in [0.15, 0.2) is 5.82 Å². The average Bonchev–Trinajstić information content (AvgIpc) is 2.33. The number of nitrogens with two attached hydrogens (primary N) is 1. The molecule has 0 radical (unpaired) electrons. The monoisotopic (exact) mass is 183 g/mol. The van der Waals surface area contributed by atoms with Crippen molar-refractivity contribution in [2.75, 3.05) is 0 Å². The van der Waals surface area contributed by atoms with E-state index in [4.69, 9.17) is 10.3 Å². The number of rotatable bonds is 4. The second-order valence-corrected chi connectivity index (χ2v) is 4.02. The molecule has 0 saturated heterocycles. The van der Waals surface area contributed by atoms with E-state index in [1.54, 1.807) is 0 Å². The molecule has 0 spiro atoms. The lowest BCUT2D eigenvalue weighted by Gasteiger charge is -2.14. The molecule has 0 unspecified atom stereocenters. The number of aromatic nitrogens is 2. The van der Waals surface area contributed by atoms with Gasteiger partial charge < -0.3 is 10.3 Å². The highest BCUT2D eigenvalue weighted by Gasteiger charge is 2.16. The van der Waals surface area contributed by atoms with E-state index in [-0.39, 0.29) is 5.54 Å². The van der Waals surface area contributed by atoms with Crippen molar-refractivity contribution in [2.24, 2.45) is 5.73 Å². The largest absolute Gasteiger partial charge is 0.339 e. The van der Waals surface area contributed by atoms with Crippen LogP contribution in [0.4, 0.5) is 0 Å². The van der Waals surface area contributed by atoms with Crippen molar-refractivity contribution in [1.29, 1.82) is 0 Å². The molecule has 4 heteroatoms. The maximum atomic E-state index is 5.82. The Kier molecular flexibility index (Phi) is 3.03. The van der Waals surface area contributed by atoms with Crippen molar-refractivity contribution in [3.05, 3.63) is 11.7 Å². The fourth-order valence-corrected chi connectivity index (χ4v) is 1.08. The Morgan fingerprint density at radius 3 is 2.69 bits per heavy atom. The summed E-state index contributed by atoms with van der Waals surface area (Å²) in [4.78, 5) is 4.23. The second-order valence-electron chi connectivity index (χ2n) is 4.02. The molecule has 4 nitrogen and oxygen atoms in total. The predicted molar refractivity (Wildman–Crippen MR) is 50.3 cm³/mol. The first-order valence-electron chi connectivity index (χ1n) is 4.61. The first kappa shape index (κ1) is 10.2. The van der Waals surface area contributed by atoms with Gasteiger partial charge in [0.25, 0.3) is 0 Å². The van der Waals surface area contributed by atoms with Crippen LogP contribution in [0.2, 0.25) is 0 Å². The first-order chi connectivity index (χ1) is 6.01. The molecular weight excluding hydrogens is 166 g/mol. The molecule has 0 saturated carbocycles. The molecule has 74 valence electrons. The quantitative estimate of drug-likeness (QED) is 0.764. The Bertz CT molecular complexity index is 262. The van der Waals surface area contributed by atoms with Gasteiger partial charge in [-0.05, 0) is 20.3 Å². The molecule has 1 heterocycles. The molecule has 13 heavy (non-hydrogen) atoms. The SMILES string of the molecule is CCCc1noc(CC(C)(C)N)n1. The van der Waals surface area contributed by atoms with Gasteiger partial charge in [-0.2, -0.15) is 4.98 Å². The number of hydrogen-bond acceptors (Lipinski definition) is 4. The van der Waals surface area contributed by atoms with Gasteiger partial charge in [0.2, 0.25) is 5.89 Å². The average molecular weight is 183 g/mol. The lowest BCUT2D eigenvalue weighted by molar-refractivity contribution is 0.344. The van der Waals surface area contributed by atoms with Crippen molar-refractivity contribution in [3.63, 3.8) is 0 Å². The van der Waals surface area contributed by atoms with Crippen molar-refractivity contribution >= 4 is 0 Å². The van der Waals surface area contributed by atoms with Gasteiger partial charge in [-0.1, -0.05) is 12.1 Å². The van der Waals surface area contributed by atoms with Gasteiger partial charge in [-0.25, -0.2) is 0 Å². The molecule has 0 fully saturated rings. The predicted octanol–water partition coefficient (Wildman–Crippen LogP) is 1.30. The maximum absolute atomic E-state index is 5.82. The van der Waals surface area contributed by atoms with Crippen LogP contribution in [-0.4, -0.2) is 15.7 Å². The van der Waals surface area contributed by atoms with Gasteiger partial charge in [-0.15, -0.1) is 0 Å². The fourth-order valence-electron chi connectivity index (χ4n) is 1.08. The Hall–Kier alpha value is -0.900. The Labute approximate surface area is 78.5 Å². The highest BCUT2D eigenvalue weighted by Crippen LogP contribution is 2.08. The van der Waals surface area contributed by atoms with Crippen LogP contribution in [0, 0.1) is 0 Å². The van der Waals surface area contributed by atoms with E-state index in [0.29, 0.717) is 12.3 Å². The third-order valence-corrected chi connectivity index (χ3v) is 1.59. The number of aryl methyl sites for hydroxylation is 1. The van der Waals surface area contributed by atoms with Gasteiger partial charge in [0.1, 0.15) is 0 Å². The summed E-state index contributed by atoms with van der Waals surface area (Å²) < 4.78 is 5.05. The van der Waals surface area contributed by atoms with Crippen LogP contribution in [-0.2, 0) is 12.8 Å². The molecule has 1 aromatic rings. The minimum atomic E-state index is -0.282. The van der Waals surface area contributed by atoms with Crippen LogP contribution >= 0.6 is 0 Å². The smallest absolute Gasteiger partial charge is 0.228 e. The summed E-state index contributed by atoms with van der Waals surface area (Å²) in [5, 5.41) is 3.85. The second kappa shape index (κ2) is 3.87. The van der Waals surface area contributed by atoms with Crippen LogP contribution in [0.25, 0.3) is 0 Å².